The topological polar surface area (TPSA) is 77.1 Å². The van der Waals surface area contributed by atoms with Crippen molar-refractivity contribution < 1.29 is 23.8 Å². The van der Waals surface area contributed by atoms with E-state index in [1.165, 1.54) is 7.11 Å². The van der Waals surface area contributed by atoms with Gasteiger partial charge in [0, 0.05) is 12.6 Å². The first-order valence-corrected chi connectivity index (χ1v) is 7.38. The van der Waals surface area contributed by atoms with Crippen LogP contribution in [0.1, 0.15) is 6.42 Å². The van der Waals surface area contributed by atoms with Crippen molar-refractivity contribution in [1.82, 2.24) is 10.2 Å². The standard InChI is InChI=1S/C16H22N2O5/c1-18-9-11(8-12(18)16(20)22-3)17-15(19)10-23-14-7-5-4-6-13(14)21-2/h4-7,11-12H,8-10H2,1-3H3,(H,17,19)/t11-,12+/m1/s1. The summed E-state index contributed by atoms with van der Waals surface area (Å²) in [5.41, 5.74) is 0. The lowest BCUT2D eigenvalue weighted by Gasteiger charge is -2.15. The van der Waals surface area contributed by atoms with Crippen molar-refractivity contribution in [2.24, 2.45) is 0 Å². The fourth-order valence-corrected chi connectivity index (χ4v) is 2.67. The second-order valence-corrected chi connectivity index (χ2v) is 5.42. The van der Waals surface area contributed by atoms with Crippen LogP contribution in [0.25, 0.3) is 0 Å². The lowest BCUT2D eigenvalue weighted by Crippen LogP contribution is -2.39. The van der Waals surface area contributed by atoms with Gasteiger partial charge in [-0.05, 0) is 25.6 Å². The number of likely N-dealkylation sites (tertiary alicyclic amines) is 1. The first-order valence-electron chi connectivity index (χ1n) is 7.38. The van der Waals surface area contributed by atoms with Gasteiger partial charge >= 0.3 is 5.97 Å². The molecule has 2 atom stereocenters. The van der Waals surface area contributed by atoms with E-state index in [1.54, 1.807) is 19.2 Å². The average Bonchev–Trinajstić information content (AvgIpc) is 2.92. The van der Waals surface area contributed by atoms with Gasteiger partial charge in [-0.15, -0.1) is 0 Å². The molecular formula is C16H22N2O5. The number of methoxy groups -OCH3 is 2. The van der Waals surface area contributed by atoms with E-state index in [0.717, 1.165) is 0 Å². The normalized spacial score (nSPS) is 20.8. The van der Waals surface area contributed by atoms with Crippen LogP contribution in [0.2, 0.25) is 0 Å². The zero-order chi connectivity index (χ0) is 16.8. The summed E-state index contributed by atoms with van der Waals surface area (Å²) in [4.78, 5) is 25.5. The number of carbonyl (C=O) groups is 2. The lowest BCUT2D eigenvalue weighted by molar-refractivity contribution is -0.145. The van der Waals surface area contributed by atoms with Crippen LogP contribution in [0.5, 0.6) is 11.5 Å². The van der Waals surface area contributed by atoms with Crippen LogP contribution in [0.3, 0.4) is 0 Å². The van der Waals surface area contributed by atoms with Crippen LogP contribution in [0.4, 0.5) is 0 Å². The monoisotopic (exact) mass is 322 g/mol. The van der Waals surface area contributed by atoms with E-state index in [9.17, 15) is 9.59 Å². The van der Waals surface area contributed by atoms with Gasteiger partial charge in [0.2, 0.25) is 0 Å². The predicted octanol–water partition coefficient (Wildman–Crippen LogP) is 0.436. The molecule has 1 aliphatic rings. The number of amides is 1. The van der Waals surface area contributed by atoms with Gasteiger partial charge in [-0.2, -0.15) is 0 Å². The molecule has 0 spiro atoms. The molecular weight excluding hydrogens is 300 g/mol. The molecule has 1 aromatic carbocycles. The molecule has 0 aliphatic carbocycles. The Morgan fingerprint density at radius 2 is 1.96 bits per heavy atom. The first kappa shape index (κ1) is 17.1. The molecule has 0 saturated carbocycles. The van der Waals surface area contributed by atoms with Crippen molar-refractivity contribution in [1.29, 1.82) is 0 Å². The number of hydrogen-bond donors (Lipinski definition) is 1. The number of hydrogen-bond acceptors (Lipinski definition) is 6. The number of likely N-dealkylation sites (N-methyl/N-ethyl adjacent to an activating group) is 1. The molecule has 1 aliphatic heterocycles. The number of nitrogens with one attached hydrogen (secondary N) is 1. The van der Waals surface area contributed by atoms with E-state index in [1.807, 2.05) is 24.1 Å². The van der Waals surface area contributed by atoms with Crippen molar-refractivity contribution in [2.75, 3.05) is 34.4 Å². The summed E-state index contributed by atoms with van der Waals surface area (Å²) in [6.07, 6.45) is 0.531. The molecule has 0 aromatic heterocycles. The predicted molar refractivity (Wildman–Crippen MR) is 83.5 cm³/mol. The maximum Gasteiger partial charge on any atom is 0.323 e. The van der Waals surface area contributed by atoms with Gasteiger partial charge in [-0.25, -0.2) is 0 Å². The van der Waals surface area contributed by atoms with Gasteiger partial charge in [0.1, 0.15) is 6.04 Å². The quantitative estimate of drug-likeness (QED) is 0.766. The zero-order valence-electron chi connectivity index (χ0n) is 13.6. The molecule has 126 valence electrons. The minimum atomic E-state index is -0.319. The Morgan fingerprint density at radius 3 is 2.61 bits per heavy atom. The molecule has 0 unspecified atom stereocenters. The Balaban J connectivity index is 1.83. The van der Waals surface area contributed by atoms with Crippen molar-refractivity contribution in [3.05, 3.63) is 24.3 Å². The summed E-state index contributed by atoms with van der Waals surface area (Å²) >= 11 is 0. The van der Waals surface area contributed by atoms with Crippen LogP contribution in [-0.4, -0.2) is 63.3 Å². The van der Waals surface area contributed by atoms with Crippen LogP contribution in [-0.2, 0) is 14.3 Å². The highest BCUT2D eigenvalue weighted by atomic mass is 16.5. The van der Waals surface area contributed by atoms with Crippen LogP contribution in [0.15, 0.2) is 24.3 Å². The third kappa shape index (κ3) is 4.35. The van der Waals surface area contributed by atoms with Gasteiger partial charge < -0.3 is 19.5 Å². The zero-order valence-corrected chi connectivity index (χ0v) is 13.6. The summed E-state index contributed by atoms with van der Waals surface area (Å²) < 4.78 is 15.4. The van der Waals surface area contributed by atoms with Crippen LogP contribution >= 0.6 is 0 Å². The van der Waals surface area contributed by atoms with Crippen molar-refractivity contribution >= 4 is 11.9 Å². The maximum absolute atomic E-state index is 12.0. The van der Waals surface area contributed by atoms with Gasteiger partial charge in [0.05, 0.1) is 14.2 Å². The molecule has 1 aromatic rings. The molecule has 7 nitrogen and oxygen atoms in total. The number of nitrogens with zero attached hydrogens (tertiary/aromatic N) is 1. The summed E-state index contributed by atoms with van der Waals surface area (Å²) in [5.74, 6) is 0.571. The van der Waals surface area contributed by atoms with Gasteiger partial charge in [-0.3, -0.25) is 14.5 Å². The molecule has 0 radical (unpaired) electrons. The van der Waals surface area contributed by atoms with E-state index in [0.29, 0.717) is 24.5 Å². The van der Waals surface area contributed by atoms with Crippen molar-refractivity contribution in [3.8, 4) is 11.5 Å². The number of ether oxygens (including phenoxy) is 3. The van der Waals surface area contributed by atoms with Gasteiger partial charge in [0.15, 0.2) is 18.1 Å². The minimum absolute atomic E-state index is 0.0992. The molecule has 7 heteroatoms. The Kier molecular flexibility index (Phi) is 5.81. The third-order valence-corrected chi connectivity index (χ3v) is 3.81. The molecule has 1 saturated heterocycles. The first-order chi connectivity index (χ1) is 11.0. The molecule has 1 N–H and O–H groups in total. The van der Waals surface area contributed by atoms with Crippen LogP contribution in [0, 0.1) is 0 Å². The van der Waals surface area contributed by atoms with Gasteiger partial charge in [-0.1, -0.05) is 12.1 Å². The third-order valence-electron chi connectivity index (χ3n) is 3.81. The Morgan fingerprint density at radius 1 is 1.26 bits per heavy atom. The summed E-state index contributed by atoms with van der Waals surface area (Å²) in [6, 6.07) is 6.72. The second-order valence-electron chi connectivity index (χ2n) is 5.42. The molecule has 1 heterocycles. The maximum atomic E-state index is 12.0. The Bertz CT molecular complexity index is 563. The summed E-state index contributed by atoms with van der Waals surface area (Å²) in [5, 5.41) is 2.87. The number of carbonyl (C=O) groups excluding carboxylic acids is 2. The molecule has 1 fully saturated rings. The SMILES string of the molecule is COC(=O)[C@@H]1C[C@@H](NC(=O)COc2ccccc2OC)CN1C. The fourth-order valence-electron chi connectivity index (χ4n) is 2.67. The van der Waals surface area contributed by atoms with Crippen molar-refractivity contribution in [2.45, 2.75) is 18.5 Å². The number of esters is 1. The Labute approximate surface area is 135 Å². The molecule has 1 amide bonds. The van der Waals surface area contributed by atoms with E-state index >= 15 is 0 Å². The van der Waals surface area contributed by atoms with Crippen molar-refractivity contribution in [3.63, 3.8) is 0 Å². The van der Waals surface area contributed by atoms with Gasteiger partial charge in [0.25, 0.3) is 5.91 Å². The van der Waals surface area contributed by atoms with E-state index in [4.69, 9.17) is 14.2 Å². The lowest BCUT2D eigenvalue weighted by atomic mass is 10.1. The van der Waals surface area contributed by atoms with E-state index in [-0.39, 0.29) is 30.6 Å². The number of rotatable bonds is 6. The largest absolute Gasteiger partial charge is 0.493 e. The minimum Gasteiger partial charge on any atom is -0.493 e. The second kappa shape index (κ2) is 7.82. The number of benzene rings is 1. The molecule has 23 heavy (non-hydrogen) atoms. The fraction of sp³-hybridized carbons (Fsp3) is 0.500. The van der Waals surface area contributed by atoms with E-state index in [2.05, 4.69) is 5.32 Å². The summed E-state index contributed by atoms with van der Waals surface area (Å²) in [7, 11) is 4.74. The summed E-state index contributed by atoms with van der Waals surface area (Å²) in [6.45, 7) is 0.490. The van der Waals surface area contributed by atoms with E-state index < -0.39 is 0 Å². The molecule has 0 bridgehead atoms. The highest BCUT2D eigenvalue weighted by Crippen LogP contribution is 2.25. The highest BCUT2D eigenvalue weighted by molar-refractivity contribution is 5.79. The molecule has 2 rings (SSSR count). The Hall–Kier alpha value is -2.28. The van der Waals surface area contributed by atoms with Crippen LogP contribution < -0.4 is 14.8 Å². The average molecular weight is 322 g/mol. The smallest absolute Gasteiger partial charge is 0.323 e. The number of para-hydroxylation sites is 2. The highest BCUT2D eigenvalue weighted by Gasteiger charge is 2.35.